The highest BCUT2D eigenvalue weighted by Crippen LogP contribution is 2.26. The van der Waals surface area contributed by atoms with Crippen molar-refractivity contribution in [2.24, 2.45) is 0 Å². The zero-order valence-electron chi connectivity index (χ0n) is 14.5. The van der Waals surface area contributed by atoms with Gasteiger partial charge in [-0.05, 0) is 37.6 Å². The lowest BCUT2D eigenvalue weighted by molar-refractivity contribution is 0.142. The molecule has 0 bridgehead atoms. The number of halogens is 1. The van der Waals surface area contributed by atoms with Crippen LogP contribution in [0.3, 0.4) is 0 Å². The predicted molar refractivity (Wildman–Crippen MR) is 99.3 cm³/mol. The summed E-state index contributed by atoms with van der Waals surface area (Å²) in [5.41, 5.74) is 3.22. The van der Waals surface area contributed by atoms with Crippen molar-refractivity contribution in [2.45, 2.75) is 19.9 Å². The van der Waals surface area contributed by atoms with Crippen LogP contribution in [0.15, 0.2) is 48.5 Å². The first-order chi connectivity index (χ1) is 12.8. The molecular weight excluding hydrogens is 331 g/mol. The summed E-state index contributed by atoms with van der Waals surface area (Å²) in [6, 6.07) is 14.3. The molecule has 0 amide bonds. The number of hydrogen-bond donors (Lipinski definition) is 0. The van der Waals surface area contributed by atoms with Crippen LogP contribution in [0, 0.1) is 5.82 Å². The van der Waals surface area contributed by atoms with Gasteiger partial charge in [0.25, 0.3) is 0 Å². The molecule has 4 aromatic rings. The van der Waals surface area contributed by atoms with Crippen LogP contribution in [0.4, 0.5) is 4.39 Å². The monoisotopic (exact) mass is 350 g/mol. The lowest BCUT2D eigenvalue weighted by Gasteiger charge is -2.09. The Morgan fingerprint density at radius 1 is 0.962 bits per heavy atom. The molecule has 0 saturated heterocycles. The maximum atomic E-state index is 14.4. The summed E-state index contributed by atoms with van der Waals surface area (Å²) >= 11 is 0. The van der Waals surface area contributed by atoms with Gasteiger partial charge in [0.1, 0.15) is 11.6 Å². The summed E-state index contributed by atoms with van der Waals surface area (Å²) in [6.45, 7) is 3.91. The van der Waals surface area contributed by atoms with Crippen molar-refractivity contribution in [3.8, 4) is 11.4 Å². The van der Waals surface area contributed by atoms with Crippen molar-refractivity contribution in [3.05, 3.63) is 54.3 Å². The van der Waals surface area contributed by atoms with Gasteiger partial charge in [-0.2, -0.15) is 0 Å². The number of fused-ring (bicyclic) bond motifs is 2. The van der Waals surface area contributed by atoms with E-state index in [1.807, 2.05) is 35.8 Å². The molecule has 0 aliphatic heterocycles. The Balaban J connectivity index is 1.88. The van der Waals surface area contributed by atoms with E-state index in [2.05, 4.69) is 9.97 Å². The Labute approximate surface area is 150 Å². The fraction of sp³-hybridized carbons (Fsp3) is 0.250. The molecule has 26 heavy (non-hydrogen) atoms. The van der Waals surface area contributed by atoms with Gasteiger partial charge < -0.3 is 9.30 Å². The lowest BCUT2D eigenvalue weighted by Crippen LogP contribution is -2.06. The van der Waals surface area contributed by atoms with Gasteiger partial charge in [-0.1, -0.05) is 24.3 Å². The van der Waals surface area contributed by atoms with Crippen molar-refractivity contribution in [1.29, 1.82) is 0 Å². The number of para-hydroxylation sites is 2. The quantitative estimate of drug-likeness (QED) is 0.489. The van der Waals surface area contributed by atoms with E-state index in [-0.39, 0.29) is 5.82 Å². The van der Waals surface area contributed by atoms with Gasteiger partial charge >= 0.3 is 0 Å². The molecule has 0 aliphatic rings. The van der Waals surface area contributed by atoms with E-state index < -0.39 is 0 Å². The average Bonchev–Trinajstić information content (AvgIpc) is 3.01. The SMILES string of the molecule is CCOCCCn1c(-c2ccccc2F)nc2nc3ccccc3nc21. The molecule has 2 aromatic heterocycles. The number of benzene rings is 2. The zero-order chi connectivity index (χ0) is 17.9. The summed E-state index contributed by atoms with van der Waals surface area (Å²) in [7, 11) is 0. The van der Waals surface area contributed by atoms with Gasteiger partial charge in [0.15, 0.2) is 11.3 Å². The van der Waals surface area contributed by atoms with Crippen LogP contribution in [-0.2, 0) is 11.3 Å². The number of rotatable bonds is 6. The molecule has 0 fully saturated rings. The number of imidazole rings is 1. The van der Waals surface area contributed by atoms with Crippen LogP contribution in [0.5, 0.6) is 0 Å². The Bertz CT molecular complexity index is 1060. The molecule has 0 saturated carbocycles. The fourth-order valence-electron chi connectivity index (χ4n) is 3.03. The molecule has 0 N–H and O–H groups in total. The average molecular weight is 350 g/mol. The van der Waals surface area contributed by atoms with E-state index in [0.717, 1.165) is 17.5 Å². The molecule has 6 heteroatoms. The highest BCUT2D eigenvalue weighted by molar-refractivity contribution is 5.84. The second-order valence-electron chi connectivity index (χ2n) is 5.98. The van der Waals surface area contributed by atoms with Crippen molar-refractivity contribution in [1.82, 2.24) is 19.5 Å². The number of hydrogen-bond acceptors (Lipinski definition) is 4. The van der Waals surface area contributed by atoms with Gasteiger partial charge in [0.2, 0.25) is 0 Å². The Hall–Kier alpha value is -2.86. The normalized spacial score (nSPS) is 11.5. The van der Waals surface area contributed by atoms with Gasteiger partial charge in [0, 0.05) is 19.8 Å². The first-order valence-electron chi connectivity index (χ1n) is 8.73. The van der Waals surface area contributed by atoms with Crippen molar-refractivity contribution >= 4 is 22.3 Å². The Kier molecular flexibility index (Phi) is 4.58. The summed E-state index contributed by atoms with van der Waals surface area (Å²) < 4.78 is 21.8. The number of nitrogens with zero attached hydrogens (tertiary/aromatic N) is 4. The minimum atomic E-state index is -0.307. The van der Waals surface area contributed by atoms with E-state index in [0.29, 0.717) is 42.4 Å². The topological polar surface area (TPSA) is 52.8 Å². The van der Waals surface area contributed by atoms with Crippen LogP contribution in [-0.4, -0.2) is 32.7 Å². The van der Waals surface area contributed by atoms with Gasteiger partial charge in [-0.15, -0.1) is 0 Å². The third-order valence-electron chi connectivity index (χ3n) is 4.25. The van der Waals surface area contributed by atoms with Crippen LogP contribution >= 0.6 is 0 Å². The molecule has 0 unspecified atom stereocenters. The predicted octanol–water partition coefficient (Wildman–Crippen LogP) is 4.21. The summed E-state index contributed by atoms with van der Waals surface area (Å²) in [4.78, 5) is 13.9. The molecule has 0 spiro atoms. The minimum Gasteiger partial charge on any atom is -0.382 e. The fourth-order valence-corrected chi connectivity index (χ4v) is 3.03. The zero-order valence-corrected chi connectivity index (χ0v) is 14.5. The first-order valence-corrected chi connectivity index (χ1v) is 8.73. The van der Waals surface area contributed by atoms with Gasteiger partial charge in [-0.3, -0.25) is 0 Å². The van der Waals surface area contributed by atoms with E-state index >= 15 is 0 Å². The molecule has 0 atom stereocenters. The highest BCUT2D eigenvalue weighted by Gasteiger charge is 2.18. The van der Waals surface area contributed by atoms with Crippen LogP contribution in [0.2, 0.25) is 0 Å². The highest BCUT2D eigenvalue weighted by atomic mass is 19.1. The molecule has 4 rings (SSSR count). The smallest absolute Gasteiger partial charge is 0.198 e. The summed E-state index contributed by atoms with van der Waals surface area (Å²) in [5.74, 6) is 0.239. The molecule has 0 aliphatic carbocycles. The number of aryl methyl sites for hydroxylation is 1. The molecular formula is C20H19FN4O. The number of aromatic nitrogens is 4. The maximum Gasteiger partial charge on any atom is 0.198 e. The lowest BCUT2D eigenvalue weighted by atomic mass is 10.2. The van der Waals surface area contributed by atoms with Crippen molar-refractivity contribution in [2.75, 3.05) is 13.2 Å². The summed E-state index contributed by atoms with van der Waals surface area (Å²) in [5, 5.41) is 0. The van der Waals surface area contributed by atoms with Crippen LogP contribution in [0.1, 0.15) is 13.3 Å². The van der Waals surface area contributed by atoms with Crippen molar-refractivity contribution < 1.29 is 9.13 Å². The van der Waals surface area contributed by atoms with E-state index in [4.69, 9.17) is 9.72 Å². The maximum absolute atomic E-state index is 14.4. The largest absolute Gasteiger partial charge is 0.382 e. The van der Waals surface area contributed by atoms with Crippen molar-refractivity contribution in [3.63, 3.8) is 0 Å². The van der Waals surface area contributed by atoms with Gasteiger partial charge in [0.05, 0.1) is 16.6 Å². The first kappa shape index (κ1) is 16.6. The molecule has 2 aromatic carbocycles. The Morgan fingerprint density at radius 2 is 1.69 bits per heavy atom. The second kappa shape index (κ2) is 7.17. The summed E-state index contributed by atoms with van der Waals surface area (Å²) in [6.07, 6.45) is 0.787. The Morgan fingerprint density at radius 3 is 2.46 bits per heavy atom. The standard InChI is InChI=1S/C20H19FN4O/c1-2-26-13-7-12-25-19(14-8-3-4-9-15(14)21)24-18-20(25)23-17-11-6-5-10-16(17)22-18/h3-6,8-11H,2,7,12-13H2,1H3. The van der Waals surface area contributed by atoms with E-state index in [9.17, 15) is 4.39 Å². The third-order valence-corrected chi connectivity index (χ3v) is 4.25. The second-order valence-corrected chi connectivity index (χ2v) is 5.98. The molecule has 132 valence electrons. The van der Waals surface area contributed by atoms with Crippen LogP contribution in [0.25, 0.3) is 33.7 Å². The van der Waals surface area contributed by atoms with Gasteiger partial charge in [-0.25, -0.2) is 19.3 Å². The minimum absolute atomic E-state index is 0.307. The third kappa shape index (κ3) is 3.04. The molecule has 0 radical (unpaired) electrons. The molecule has 5 nitrogen and oxygen atoms in total. The van der Waals surface area contributed by atoms with E-state index in [1.165, 1.54) is 6.07 Å². The number of ether oxygens (including phenoxy) is 1. The van der Waals surface area contributed by atoms with E-state index in [1.54, 1.807) is 18.2 Å². The van der Waals surface area contributed by atoms with Crippen LogP contribution < -0.4 is 0 Å². The molecule has 2 heterocycles.